The van der Waals surface area contributed by atoms with Gasteiger partial charge in [-0.3, -0.25) is 0 Å². The molecular weight excluding hydrogens is 769 g/mol. The summed E-state index contributed by atoms with van der Waals surface area (Å²) in [7, 11) is 0. The van der Waals surface area contributed by atoms with E-state index in [9.17, 15) is 15.8 Å². The molecule has 2 atom stereocenters. The van der Waals surface area contributed by atoms with Gasteiger partial charge < -0.3 is 9.47 Å². The van der Waals surface area contributed by atoms with Gasteiger partial charge in [-0.15, -0.1) is 45.3 Å². The first-order chi connectivity index (χ1) is 27.4. The molecule has 2 fully saturated rings. The van der Waals surface area contributed by atoms with Gasteiger partial charge in [-0.25, -0.2) is 10.1 Å². The third kappa shape index (κ3) is 5.79. The van der Waals surface area contributed by atoms with Crippen LogP contribution >= 0.6 is 45.3 Å². The molecule has 0 saturated heterocycles. The number of hydrogen-bond acceptors (Lipinski definition) is 9. The van der Waals surface area contributed by atoms with E-state index < -0.39 is 0 Å². The molecule has 0 radical (unpaired) electrons. The number of nitrogens with zero attached hydrogens (tertiary/aromatic N) is 4. The smallest absolute Gasteiger partial charge is 0.263 e. The molecule has 10 rings (SSSR count). The summed E-state index contributed by atoms with van der Waals surface area (Å²) in [6, 6.07) is 18.5. The Morgan fingerprint density at radius 1 is 0.625 bits per heavy atom. The zero-order valence-corrected chi connectivity index (χ0v) is 33.7. The minimum Gasteiger partial charge on any atom is -0.481 e. The lowest BCUT2D eigenvalue weighted by Crippen LogP contribution is -2.45. The van der Waals surface area contributed by atoms with Crippen LogP contribution in [0.1, 0.15) is 83.7 Å². The van der Waals surface area contributed by atoms with Crippen molar-refractivity contribution in [1.29, 1.82) is 15.8 Å². The van der Waals surface area contributed by atoms with Crippen molar-refractivity contribution in [2.45, 2.75) is 75.4 Å². The summed E-state index contributed by atoms with van der Waals surface area (Å²) in [4.78, 5) is 12.0. The average molecular weight is 803 g/mol. The molecule has 0 N–H and O–H groups in total. The molecule has 6 heterocycles. The summed E-state index contributed by atoms with van der Waals surface area (Å²) < 4.78 is 14.4. The first-order valence-corrected chi connectivity index (χ1v) is 22.4. The Balaban J connectivity index is 1.06. The highest BCUT2D eigenvalue weighted by Gasteiger charge is 2.50. The predicted octanol–water partition coefficient (Wildman–Crippen LogP) is 13.3. The topological polar surface area (TPSA) is 94.2 Å². The maximum atomic E-state index is 9.31. The first kappa shape index (κ1) is 35.2. The molecule has 10 heteroatoms. The molecule has 4 aliphatic carbocycles. The van der Waals surface area contributed by atoms with Gasteiger partial charge in [0.25, 0.3) is 5.70 Å². The Morgan fingerprint density at radius 3 is 1.55 bits per heavy atom. The molecule has 274 valence electrons. The third-order valence-corrected chi connectivity index (χ3v) is 16.8. The maximum Gasteiger partial charge on any atom is 0.263 e. The Bertz CT molecular complexity index is 2460. The Labute approximate surface area is 342 Å². The average Bonchev–Trinajstić information content (AvgIpc) is 4.06. The standard InChI is InChI=1S/C46H34N4O2S4/c1-50-30(26-49)21-32-9-11-40(54-32)42-23-38-44(56-42)34-18-29-19-35-33(17-28(29)20-36(34)46(52-38)14-6-3-7-15-46)43-37(51-45(35)12-4-2-5-13-45)22-41(55-43)39-10-8-31(53-39)16-27(24-47)25-48/h8-11,16-23,28-29H,2-7,12-15H2/b30-21+. The van der Waals surface area contributed by atoms with Crippen LogP contribution in [0.4, 0.5) is 0 Å². The highest BCUT2D eigenvalue weighted by atomic mass is 32.1. The molecule has 56 heavy (non-hydrogen) atoms. The van der Waals surface area contributed by atoms with E-state index in [-0.39, 0.29) is 34.3 Å². The van der Waals surface area contributed by atoms with Gasteiger partial charge in [0.1, 0.15) is 40.4 Å². The van der Waals surface area contributed by atoms with Crippen molar-refractivity contribution in [3.05, 3.63) is 114 Å². The first-order valence-electron chi connectivity index (χ1n) is 19.2. The van der Waals surface area contributed by atoms with Crippen molar-refractivity contribution in [2.75, 3.05) is 0 Å². The third-order valence-electron chi connectivity index (χ3n) is 12.0. The molecule has 2 aliphatic heterocycles. The molecule has 4 aromatic heterocycles. The fourth-order valence-electron chi connectivity index (χ4n) is 9.48. The lowest BCUT2D eigenvalue weighted by Gasteiger charge is -2.48. The van der Waals surface area contributed by atoms with Gasteiger partial charge in [0.05, 0.1) is 22.4 Å². The van der Waals surface area contributed by atoms with Gasteiger partial charge in [0.15, 0.2) is 0 Å². The molecule has 6 nitrogen and oxygen atoms in total. The fraction of sp³-hybridized carbons (Fsp3) is 0.304. The monoisotopic (exact) mass is 802 g/mol. The molecule has 6 aliphatic rings. The Hall–Kier alpha value is -5.20. The van der Waals surface area contributed by atoms with Crippen molar-refractivity contribution in [1.82, 2.24) is 0 Å². The lowest BCUT2D eigenvalue weighted by molar-refractivity contribution is 0.0636. The van der Waals surface area contributed by atoms with E-state index in [4.69, 9.17) is 16.0 Å². The lowest BCUT2D eigenvalue weighted by atomic mass is 9.65. The van der Waals surface area contributed by atoms with Crippen LogP contribution in [-0.4, -0.2) is 11.2 Å². The van der Waals surface area contributed by atoms with Crippen molar-refractivity contribution < 1.29 is 9.47 Å². The van der Waals surface area contributed by atoms with Crippen LogP contribution in [0, 0.1) is 52.4 Å². The minimum atomic E-state index is -0.341. The van der Waals surface area contributed by atoms with E-state index in [1.54, 1.807) is 57.5 Å². The van der Waals surface area contributed by atoms with E-state index in [2.05, 4.69) is 53.4 Å². The van der Waals surface area contributed by atoms with E-state index in [0.29, 0.717) is 0 Å². The van der Waals surface area contributed by atoms with Gasteiger partial charge in [0, 0.05) is 64.4 Å². The van der Waals surface area contributed by atoms with Gasteiger partial charge in [-0.1, -0.05) is 37.1 Å². The van der Waals surface area contributed by atoms with Crippen LogP contribution in [0.25, 0.3) is 47.7 Å². The van der Waals surface area contributed by atoms with Crippen molar-refractivity contribution in [3.8, 4) is 49.2 Å². The molecule has 2 unspecified atom stereocenters. The van der Waals surface area contributed by atoms with Gasteiger partial charge in [-0.2, -0.15) is 10.5 Å². The number of allylic oxidation sites excluding steroid dienone is 6. The van der Waals surface area contributed by atoms with Crippen molar-refractivity contribution in [2.24, 2.45) is 11.8 Å². The zero-order chi connectivity index (χ0) is 38.0. The normalized spacial score (nSPS) is 22.2. The predicted molar refractivity (Wildman–Crippen MR) is 227 cm³/mol. The molecule has 0 aromatic carbocycles. The van der Waals surface area contributed by atoms with Crippen molar-refractivity contribution in [3.63, 3.8) is 0 Å². The number of ether oxygens (including phenoxy) is 2. The van der Waals surface area contributed by atoms with Crippen LogP contribution in [0.2, 0.25) is 0 Å². The number of fused-ring (bicyclic) bond motifs is 9. The van der Waals surface area contributed by atoms with Gasteiger partial charge >= 0.3 is 0 Å². The molecule has 0 amide bonds. The fourth-order valence-corrected chi connectivity index (χ4v) is 13.8. The van der Waals surface area contributed by atoms with Gasteiger partial charge in [0.2, 0.25) is 0 Å². The van der Waals surface area contributed by atoms with Crippen LogP contribution in [-0.2, 0) is 0 Å². The molecule has 4 aromatic rings. The summed E-state index contributed by atoms with van der Waals surface area (Å²) in [5.74, 6) is 2.34. The summed E-state index contributed by atoms with van der Waals surface area (Å²) in [6.45, 7) is 7.30. The van der Waals surface area contributed by atoms with Crippen LogP contribution in [0.3, 0.4) is 0 Å². The van der Waals surface area contributed by atoms with Crippen molar-refractivity contribution >= 4 is 68.6 Å². The van der Waals surface area contributed by atoms with Crippen LogP contribution in [0.5, 0.6) is 11.5 Å². The second kappa shape index (κ2) is 13.8. The van der Waals surface area contributed by atoms with Crippen LogP contribution in [0.15, 0.2) is 83.1 Å². The number of hydrogen-bond donors (Lipinski definition) is 0. The molecule has 2 spiro atoms. The highest BCUT2D eigenvalue weighted by Crippen LogP contribution is 2.61. The van der Waals surface area contributed by atoms with E-state index in [1.165, 1.54) is 44.9 Å². The second-order valence-corrected chi connectivity index (χ2v) is 19.7. The van der Waals surface area contributed by atoms with E-state index >= 15 is 0 Å². The maximum absolute atomic E-state index is 9.31. The summed E-state index contributed by atoms with van der Waals surface area (Å²) in [5.41, 5.74) is 4.85. The number of nitriles is 3. The molecule has 2 saturated carbocycles. The molecular formula is C46H34N4O2S4. The van der Waals surface area contributed by atoms with E-state index in [1.807, 2.05) is 30.3 Å². The van der Waals surface area contributed by atoms with Crippen LogP contribution < -0.4 is 9.47 Å². The Kier molecular flexibility index (Phi) is 8.66. The minimum absolute atomic E-state index is 0.0917. The summed E-state index contributed by atoms with van der Waals surface area (Å²) >= 11 is 6.76. The Morgan fingerprint density at radius 2 is 1.11 bits per heavy atom. The largest absolute Gasteiger partial charge is 0.481 e. The summed E-state index contributed by atoms with van der Waals surface area (Å²) in [6.07, 6.45) is 24.6. The van der Waals surface area contributed by atoms with E-state index in [0.717, 1.165) is 92.1 Å². The van der Waals surface area contributed by atoms with Gasteiger partial charge in [-0.05, 0) is 98.9 Å². The summed E-state index contributed by atoms with van der Waals surface area (Å²) in [5, 5.41) is 27.9. The zero-order valence-electron chi connectivity index (χ0n) is 30.4. The second-order valence-electron chi connectivity index (χ2n) is 15.3. The highest BCUT2D eigenvalue weighted by molar-refractivity contribution is 7.24. The number of rotatable bonds is 4. The quantitative estimate of drug-likeness (QED) is 0.151. The number of thiophene rings is 4. The SMILES string of the molecule is [C-]#[N+]/C(C#N)=C/c1ccc(-c2cc3c(s2)C2=CC4C=C5C(=CC4C=C2C2(CCCCC2)O3)c2sc(-c3ccc(C=C(C#N)C#N)s3)cc2OC52CCCCC2)s1. The molecule has 0 bridgehead atoms.